The number of hydrogen-bond acceptors (Lipinski definition) is 7. The Balaban J connectivity index is 1.11. The molecule has 1 fully saturated rings. The number of rotatable bonds is 8. The molecule has 0 spiro atoms. The van der Waals surface area contributed by atoms with Crippen molar-refractivity contribution in [3.63, 3.8) is 0 Å². The zero-order valence-electron chi connectivity index (χ0n) is 21.6. The number of aliphatic hydroxyl groups excluding tert-OH is 1. The Morgan fingerprint density at radius 1 is 0.821 bits per heavy atom. The van der Waals surface area contributed by atoms with Crippen molar-refractivity contribution in [1.29, 1.82) is 5.26 Å². The van der Waals surface area contributed by atoms with Crippen LogP contribution in [0.25, 0.3) is 17.0 Å². The fourth-order valence-electron chi connectivity index (χ4n) is 5.51. The van der Waals surface area contributed by atoms with E-state index in [0.29, 0.717) is 35.8 Å². The van der Waals surface area contributed by atoms with Gasteiger partial charge in [0.15, 0.2) is 17.0 Å². The molecule has 39 heavy (non-hydrogen) atoms. The molecular weight excluding hydrogens is 488 g/mol. The van der Waals surface area contributed by atoms with Gasteiger partial charge in [-0.05, 0) is 23.3 Å². The summed E-state index contributed by atoms with van der Waals surface area (Å²) in [6.45, 7) is 4.56. The largest absolute Gasteiger partial charge is 0.390 e. The summed E-state index contributed by atoms with van der Waals surface area (Å²) in [5, 5.41) is 20.4. The van der Waals surface area contributed by atoms with Crippen molar-refractivity contribution < 1.29 is 5.11 Å². The number of aromatic nitrogens is 5. The summed E-state index contributed by atoms with van der Waals surface area (Å²) in [5.74, 6) is 0.553. The molecule has 6 rings (SSSR count). The molecule has 196 valence electrons. The van der Waals surface area contributed by atoms with Crippen LogP contribution in [-0.2, 0) is 6.54 Å². The van der Waals surface area contributed by atoms with Crippen molar-refractivity contribution in [2.45, 2.75) is 18.7 Å². The minimum absolute atomic E-state index is 0.215. The lowest BCUT2D eigenvalue weighted by Crippen LogP contribution is -2.50. The first-order valence-corrected chi connectivity index (χ1v) is 13.2. The van der Waals surface area contributed by atoms with Crippen molar-refractivity contribution in [2.24, 2.45) is 0 Å². The number of fused-ring (bicyclic) bond motifs is 1. The van der Waals surface area contributed by atoms with Crippen LogP contribution < -0.4 is 0 Å². The topological polar surface area (TPSA) is 99.0 Å². The Morgan fingerprint density at radius 3 is 2.18 bits per heavy atom. The standard InChI is InChI=1S/C30H30N8O/c31-18-25-12-7-13-38(25)30-27-29(32-21-33-30)37(22-34-27)20-26(39)19-35-14-16-36(17-15-35)28(23-8-3-1-4-9-23)24-10-5-2-6-11-24/h1-13,21-22,26,28,39H,14-17,19-20H2/t26-/m0/s1. The highest BCUT2D eigenvalue weighted by molar-refractivity contribution is 5.78. The summed E-state index contributed by atoms with van der Waals surface area (Å²) < 4.78 is 3.56. The fraction of sp³-hybridized carbons (Fsp3) is 0.267. The van der Waals surface area contributed by atoms with Crippen molar-refractivity contribution in [3.05, 3.63) is 108 Å². The Kier molecular flexibility index (Phi) is 7.15. The molecule has 0 unspecified atom stereocenters. The number of nitrogens with zero attached hydrogens (tertiary/aromatic N) is 8. The maximum atomic E-state index is 11.0. The quantitative estimate of drug-likeness (QED) is 0.337. The number of benzene rings is 2. The Hall–Kier alpha value is -4.36. The van der Waals surface area contributed by atoms with Gasteiger partial charge < -0.3 is 9.67 Å². The summed E-state index contributed by atoms with van der Waals surface area (Å²) in [5.41, 5.74) is 4.30. The van der Waals surface area contributed by atoms with E-state index in [1.807, 2.05) is 4.57 Å². The Bertz CT molecular complexity index is 1530. The third-order valence-corrected chi connectivity index (χ3v) is 7.35. The minimum atomic E-state index is -0.576. The molecule has 3 aromatic heterocycles. The van der Waals surface area contributed by atoms with Crippen LogP contribution in [0, 0.1) is 11.3 Å². The number of imidazole rings is 1. The first kappa shape index (κ1) is 24.9. The number of piperazine rings is 1. The van der Waals surface area contributed by atoms with E-state index in [1.54, 1.807) is 29.2 Å². The van der Waals surface area contributed by atoms with Crippen LogP contribution in [0.15, 0.2) is 91.6 Å². The van der Waals surface area contributed by atoms with Gasteiger partial charge >= 0.3 is 0 Å². The van der Waals surface area contributed by atoms with Crippen molar-refractivity contribution >= 4 is 11.2 Å². The second-order valence-electron chi connectivity index (χ2n) is 9.86. The molecule has 9 heteroatoms. The van der Waals surface area contributed by atoms with Crippen LogP contribution in [0.4, 0.5) is 0 Å². The van der Waals surface area contributed by atoms with Crippen LogP contribution in [0.2, 0.25) is 0 Å². The third kappa shape index (κ3) is 5.18. The molecule has 2 aromatic carbocycles. The normalized spacial score (nSPS) is 15.5. The predicted molar refractivity (Wildman–Crippen MR) is 148 cm³/mol. The molecule has 1 N–H and O–H groups in total. The van der Waals surface area contributed by atoms with E-state index in [1.165, 1.54) is 17.5 Å². The number of aliphatic hydroxyl groups is 1. The summed E-state index contributed by atoms with van der Waals surface area (Å²) in [6, 6.07) is 27.3. The molecule has 0 radical (unpaired) electrons. The highest BCUT2D eigenvalue weighted by Gasteiger charge is 2.27. The Labute approximate surface area is 227 Å². The van der Waals surface area contributed by atoms with Crippen LogP contribution >= 0.6 is 0 Å². The molecule has 0 saturated carbocycles. The number of hydrogen-bond donors (Lipinski definition) is 1. The van der Waals surface area contributed by atoms with Crippen molar-refractivity contribution in [1.82, 2.24) is 33.9 Å². The van der Waals surface area contributed by atoms with E-state index in [2.05, 4.69) is 91.5 Å². The molecule has 0 aliphatic carbocycles. The van der Waals surface area contributed by atoms with Gasteiger partial charge in [0.25, 0.3) is 0 Å². The first-order valence-electron chi connectivity index (χ1n) is 13.2. The summed E-state index contributed by atoms with van der Waals surface area (Å²) in [7, 11) is 0. The van der Waals surface area contributed by atoms with Crippen molar-refractivity contribution in [2.75, 3.05) is 32.7 Å². The average molecular weight is 519 g/mol. The maximum Gasteiger partial charge on any atom is 0.169 e. The zero-order valence-corrected chi connectivity index (χ0v) is 21.6. The summed E-state index contributed by atoms with van der Waals surface area (Å²) in [6.07, 6.45) is 4.36. The van der Waals surface area contributed by atoms with E-state index >= 15 is 0 Å². The molecule has 0 amide bonds. The molecule has 4 heterocycles. The average Bonchev–Trinajstić information content (AvgIpc) is 3.62. The van der Waals surface area contributed by atoms with Gasteiger partial charge in [-0.15, -0.1) is 0 Å². The van der Waals surface area contributed by atoms with E-state index in [-0.39, 0.29) is 6.04 Å². The zero-order chi connectivity index (χ0) is 26.6. The van der Waals surface area contributed by atoms with Crippen LogP contribution in [0.1, 0.15) is 22.9 Å². The first-order chi connectivity index (χ1) is 19.2. The van der Waals surface area contributed by atoms with Gasteiger partial charge in [0.2, 0.25) is 0 Å². The van der Waals surface area contributed by atoms with Crippen molar-refractivity contribution in [3.8, 4) is 11.9 Å². The van der Waals surface area contributed by atoms with E-state index in [9.17, 15) is 10.4 Å². The second-order valence-corrected chi connectivity index (χ2v) is 9.86. The summed E-state index contributed by atoms with van der Waals surface area (Å²) in [4.78, 5) is 18.1. The lowest BCUT2D eigenvalue weighted by molar-refractivity contribution is 0.0560. The molecular formula is C30H30N8O. The minimum Gasteiger partial charge on any atom is -0.390 e. The highest BCUT2D eigenvalue weighted by Crippen LogP contribution is 2.29. The van der Waals surface area contributed by atoms with Crippen LogP contribution in [0.5, 0.6) is 0 Å². The van der Waals surface area contributed by atoms with Gasteiger partial charge in [0.1, 0.15) is 18.1 Å². The predicted octanol–water partition coefficient (Wildman–Crippen LogP) is 3.26. The molecule has 5 aromatic rings. The molecule has 1 aliphatic rings. The van der Waals surface area contributed by atoms with E-state index in [4.69, 9.17) is 0 Å². The van der Waals surface area contributed by atoms with E-state index < -0.39 is 6.10 Å². The lowest BCUT2D eigenvalue weighted by atomic mass is 9.96. The fourth-order valence-corrected chi connectivity index (χ4v) is 5.51. The SMILES string of the molecule is N#Cc1cccn1-c1ncnc2c1ncn2C[C@@H](O)CN1CCN(C(c2ccccc2)c2ccccc2)CC1. The summed E-state index contributed by atoms with van der Waals surface area (Å²) >= 11 is 0. The van der Waals surface area contributed by atoms with Gasteiger partial charge in [-0.25, -0.2) is 15.0 Å². The maximum absolute atomic E-state index is 11.0. The van der Waals surface area contributed by atoms with Gasteiger partial charge in [0, 0.05) is 38.9 Å². The second kappa shape index (κ2) is 11.2. The molecule has 1 aliphatic heterocycles. The third-order valence-electron chi connectivity index (χ3n) is 7.35. The molecule has 0 bridgehead atoms. The number of nitriles is 1. The Morgan fingerprint density at radius 2 is 1.51 bits per heavy atom. The van der Waals surface area contributed by atoms with Crippen LogP contribution in [-0.4, -0.2) is 77.8 Å². The molecule has 1 saturated heterocycles. The molecule has 1 atom stereocenters. The van der Waals surface area contributed by atoms with E-state index in [0.717, 1.165) is 26.2 Å². The van der Waals surface area contributed by atoms with Crippen LogP contribution in [0.3, 0.4) is 0 Å². The van der Waals surface area contributed by atoms with Gasteiger partial charge in [0.05, 0.1) is 25.0 Å². The van der Waals surface area contributed by atoms with Gasteiger partial charge in [-0.3, -0.25) is 14.4 Å². The highest BCUT2D eigenvalue weighted by atomic mass is 16.3. The lowest BCUT2D eigenvalue weighted by Gasteiger charge is -2.40. The van der Waals surface area contributed by atoms with Gasteiger partial charge in [-0.1, -0.05) is 60.7 Å². The monoisotopic (exact) mass is 518 g/mol. The smallest absolute Gasteiger partial charge is 0.169 e. The number of β-amino-alcohol motifs (C(OH)–C–C–N with tert-alkyl or cyclic N) is 1. The molecule has 9 nitrogen and oxygen atoms in total. The van der Waals surface area contributed by atoms with Gasteiger partial charge in [-0.2, -0.15) is 5.26 Å².